The molecule has 0 aliphatic heterocycles. The topological polar surface area (TPSA) is 48.4 Å². The van der Waals surface area contributed by atoms with Gasteiger partial charge in [0, 0.05) is 10.0 Å². The smallest absolute Gasteiger partial charge is 0.165 e. The van der Waals surface area contributed by atoms with Crippen molar-refractivity contribution >= 4 is 15.9 Å². The first-order valence-corrected chi connectivity index (χ1v) is 6.25. The lowest BCUT2D eigenvalue weighted by molar-refractivity contribution is 0.287. The van der Waals surface area contributed by atoms with Crippen LogP contribution in [0.3, 0.4) is 0 Å². The second-order valence-electron chi connectivity index (χ2n) is 3.86. The molecule has 5 heteroatoms. The number of nitrogens with two attached hydrogens (primary N) is 1. The normalized spacial score (nSPS) is 10.7. The number of furan rings is 1. The average Bonchev–Trinajstić information content (AvgIpc) is 2.71. The van der Waals surface area contributed by atoms with Crippen LogP contribution < -0.4 is 10.5 Å². The molecule has 2 N–H and O–H groups in total. The van der Waals surface area contributed by atoms with E-state index in [0.29, 0.717) is 12.3 Å². The van der Waals surface area contributed by atoms with Gasteiger partial charge in [-0.1, -0.05) is 15.9 Å². The van der Waals surface area contributed by atoms with E-state index in [-0.39, 0.29) is 12.4 Å². The van der Waals surface area contributed by atoms with E-state index < -0.39 is 5.82 Å². The van der Waals surface area contributed by atoms with Crippen LogP contribution in [0.15, 0.2) is 33.2 Å². The maximum absolute atomic E-state index is 13.5. The zero-order valence-electron chi connectivity index (χ0n) is 9.87. The van der Waals surface area contributed by atoms with Crippen LogP contribution in [0.1, 0.15) is 17.1 Å². The maximum atomic E-state index is 13.5. The number of aryl methyl sites for hydroxylation is 1. The number of rotatable bonds is 4. The number of hydrogen-bond acceptors (Lipinski definition) is 3. The molecule has 0 amide bonds. The Balaban J connectivity index is 2.11. The highest BCUT2D eigenvalue weighted by molar-refractivity contribution is 9.10. The molecule has 18 heavy (non-hydrogen) atoms. The molecular formula is C13H13BrFNO2. The Kier molecular flexibility index (Phi) is 4.04. The third-order valence-electron chi connectivity index (χ3n) is 2.55. The lowest BCUT2D eigenvalue weighted by Crippen LogP contribution is -1.98. The number of hydrogen-bond donors (Lipinski definition) is 1. The molecule has 0 aliphatic carbocycles. The molecule has 96 valence electrons. The van der Waals surface area contributed by atoms with Crippen LogP contribution in [0.2, 0.25) is 0 Å². The third kappa shape index (κ3) is 2.91. The third-order valence-corrected chi connectivity index (χ3v) is 3.04. The molecule has 0 atom stereocenters. The Bertz CT molecular complexity index is 554. The van der Waals surface area contributed by atoms with Gasteiger partial charge in [0.1, 0.15) is 18.1 Å². The van der Waals surface area contributed by atoms with Gasteiger partial charge in [-0.3, -0.25) is 0 Å². The molecule has 1 aromatic carbocycles. The van der Waals surface area contributed by atoms with Gasteiger partial charge in [-0.15, -0.1) is 0 Å². The zero-order valence-corrected chi connectivity index (χ0v) is 11.5. The fraction of sp³-hybridized carbons (Fsp3) is 0.231. The number of ether oxygens (including phenoxy) is 1. The van der Waals surface area contributed by atoms with E-state index in [1.54, 1.807) is 12.1 Å². The molecule has 2 rings (SSSR count). The standard InChI is InChI=1S/C13H13BrFNO2/c1-8-9(4-11(6-16)18-8)7-17-13-5-10(14)2-3-12(13)15/h2-5H,6-7,16H2,1H3. The number of halogens is 2. The molecule has 0 saturated carbocycles. The summed E-state index contributed by atoms with van der Waals surface area (Å²) in [5.41, 5.74) is 6.35. The van der Waals surface area contributed by atoms with Crippen LogP contribution in [-0.4, -0.2) is 0 Å². The molecule has 1 heterocycles. The first-order chi connectivity index (χ1) is 8.60. The van der Waals surface area contributed by atoms with Crippen molar-refractivity contribution in [3.63, 3.8) is 0 Å². The van der Waals surface area contributed by atoms with Gasteiger partial charge in [0.2, 0.25) is 0 Å². The predicted molar refractivity (Wildman–Crippen MR) is 69.8 cm³/mol. The fourth-order valence-electron chi connectivity index (χ4n) is 1.57. The van der Waals surface area contributed by atoms with E-state index in [1.165, 1.54) is 6.07 Å². The highest BCUT2D eigenvalue weighted by Crippen LogP contribution is 2.24. The van der Waals surface area contributed by atoms with Gasteiger partial charge < -0.3 is 14.9 Å². The molecule has 0 spiro atoms. The minimum absolute atomic E-state index is 0.208. The van der Waals surface area contributed by atoms with E-state index in [4.69, 9.17) is 14.9 Å². The Hall–Kier alpha value is -1.33. The first kappa shape index (κ1) is 13.1. The van der Waals surface area contributed by atoms with Crippen LogP contribution in [0, 0.1) is 12.7 Å². The maximum Gasteiger partial charge on any atom is 0.165 e. The minimum atomic E-state index is -0.390. The van der Waals surface area contributed by atoms with Crippen molar-refractivity contribution < 1.29 is 13.5 Å². The van der Waals surface area contributed by atoms with Crippen molar-refractivity contribution in [3.05, 3.63) is 51.6 Å². The van der Waals surface area contributed by atoms with Crippen LogP contribution in [0.5, 0.6) is 5.75 Å². The van der Waals surface area contributed by atoms with Gasteiger partial charge in [0.15, 0.2) is 11.6 Å². The van der Waals surface area contributed by atoms with Gasteiger partial charge in [0.25, 0.3) is 0 Å². The molecule has 1 aromatic heterocycles. The molecule has 2 aromatic rings. The molecule has 0 unspecified atom stereocenters. The Morgan fingerprint density at radius 3 is 2.83 bits per heavy atom. The van der Waals surface area contributed by atoms with E-state index in [1.807, 2.05) is 13.0 Å². The monoisotopic (exact) mass is 313 g/mol. The van der Waals surface area contributed by atoms with Crippen molar-refractivity contribution in [3.8, 4) is 5.75 Å². The molecule has 0 radical (unpaired) electrons. The molecule has 3 nitrogen and oxygen atoms in total. The summed E-state index contributed by atoms with van der Waals surface area (Å²) in [4.78, 5) is 0. The molecular weight excluding hydrogens is 301 g/mol. The second-order valence-corrected chi connectivity index (χ2v) is 4.78. The summed E-state index contributed by atoms with van der Waals surface area (Å²) in [5.74, 6) is 1.25. The Morgan fingerprint density at radius 2 is 2.17 bits per heavy atom. The van der Waals surface area contributed by atoms with Gasteiger partial charge in [-0.2, -0.15) is 0 Å². The first-order valence-electron chi connectivity index (χ1n) is 5.46. The lowest BCUT2D eigenvalue weighted by atomic mass is 10.2. The van der Waals surface area contributed by atoms with Crippen molar-refractivity contribution in [1.82, 2.24) is 0 Å². The van der Waals surface area contributed by atoms with E-state index in [0.717, 1.165) is 15.8 Å². The summed E-state index contributed by atoms with van der Waals surface area (Å²) in [6.45, 7) is 2.42. The van der Waals surface area contributed by atoms with E-state index >= 15 is 0 Å². The van der Waals surface area contributed by atoms with Crippen LogP contribution in [0.4, 0.5) is 4.39 Å². The van der Waals surface area contributed by atoms with Crippen LogP contribution in [-0.2, 0) is 13.2 Å². The van der Waals surface area contributed by atoms with Crippen molar-refractivity contribution in [2.24, 2.45) is 5.73 Å². The second kappa shape index (κ2) is 5.54. The summed E-state index contributed by atoms with van der Waals surface area (Å²) in [7, 11) is 0. The lowest BCUT2D eigenvalue weighted by Gasteiger charge is -2.06. The number of benzene rings is 1. The Morgan fingerprint density at radius 1 is 1.39 bits per heavy atom. The SMILES string of the molecule is Cc1oc(CN)cc1COc1cc(Br)ccc1F. The largest absolute Gasteiger partial charge is 0.486 e. The summed E-state index contributed by atoms with van der Waals surface area (Å²) in [6.07, 6.45) is 0. The van der Waals surface area contributed by atoms with Crippen LogP contribution >= 0.6 is 15.9 Å². The fourth-order valence-corrected chi connectivity index (χ4v) is 1.91. The molecule has 0 aliphatic rings. The highest BCUT2D eigenvalue weighted by atomic mass is 79.9. The molecule has 0 bridgehead atoms. The summed E-state index contributed by atoms with van der Waals surface area (Å²) >= 11 is 3.27. The van der Waals surface area contributed by atoms with E-state index in [9.17, 15) is 4.39 Å². The summed E-state index contributed by atoms with van der Waals surface area (Å²) < 4.78 is 25.1. The zero-order chi connectivity index (χ0) is 13.1. The summed E-state index contributed by atoms with van der Waals surface area (Å²) in [5, 5.41) is 0. The highest BCUT2D eigenvalue weighted by Gasteiger charge is 2.09. The van der Waals surface area contributed by atoms with Crippen molar-refractivity contribution in [2.75, 3.05) is 0 Å². The average molecular weight is 314 g/mol. The molecule has 0 fully saturated rings. The van der Waals surface area contributed by atoms with Crippen molar-refractivity contribution in [1.29, 1.82) is 0 Å². The van der Waals surface area contributed by atoms with Crippen molar-refractivity contribution in [2.45, 2.75) is 20.1 Å². The van der Waals surface area contributed by atoms with Crippen LogP contribution in [0.25, 0.3) is 0 Å². The Labute approximate surface area is 113 Å². The molecule has 0 saturated heterocycles. The van der Waals surface area contributed by atoms with E-state index in [2.05, 4.69) is 15.9 Å². The van der Waals surface area contributed by atoms with Gasteiger partial charge in [-0.05, 0) is 31.2 Å². The predicted octanol–water partition coefficient (Wildman–Crippen LogP) is 3.53. The van der Waals surface area contributed by atoms with Gasteiger partial charge in [-0.25, -0.2) is 4.39 Å². The van der Waals surface area contributed by atoms with Gasteiger partial charge >= 0.3 is 0 Å². The quantitative estimate of drug-likeness (QED) is 0.939. The summed E-state index contributed by atoms with van der Waals surface area (Å²) in [6, 6.07) is 6.39. The minimum Gasteiger partial charge on any atom is -0.486 e. The van der Waals surface area contributed by atoms with Gasteiger partial charge in [0.05, 0.1) is 6.54 Å².